The monoisotopic (exact) mass is 460 g/mol. The maximum absolute atomic E-state index is 14.0. The standard InChI is InChI=1S/C24H30F2N4O3/c1-13(18-9-8-14(11-28-18)20-16(25)6-5-7-17(20)26)29-22(32)19-10-15(31)12-30(19)23(33)21(27)24(2,3)4/h5-9,11,13,15,19,21,31H,10,12,27H2,1-4H3,(H,29,32)/t13-,15+,19-,21+/m0/s1. The fourth-order valence-corrected chi connectivity index (χ4v) is 3.82. The average Bonchev–Trinajstić information content (AvgIpc) is 3.14. The van der Waals surface area contributed by atoms with E-state index < -0.39 is 47.2 Å². The minimum atomic E-state index is -0.852. The van der Waals surface area contributed by atoms with Crippen LogP contribution in [-0.4, -0.2) is 51.5 Å². The molecule has 2 heterocycles. The van der Waals surface area contributed by atoms with Crippen molar-refractivity contribution in [3.8, 4) is 11.1 Å². The van der Waals surface area contributed by atoms with Crippen molar-refractivity contribution >= 4 is 11.8 Å². The van der Waals surface area contributed by atoms with Crippen molar-refractivity contribution in [3.63, 3.8) is 0 Å². The molecule has 1 aromatic heterocycles. The number of amides is 2. The number of hydrogen-bond donors (Lipinski definition) is 3. The van der Waals surface area contributed by atoms with E-state index in [-0.39, 0.29) is 30.0 Å². The van der Waals surface area contributed by atoms with Crippen LogP contribution in [0.1, 0.15) is 45.9 Å². The molecule has 2 aromatic rings. The number of nitrogens with one attached hydrogen (secondary N) is 1. The van der Waals surface area contributed by atoms with Crippen LogP contribution in [-0.2, 0) is 9.59 Å². The molecule has 4 atom stereocenters. The fourth-order valence-electron chi connectivity index (χ4n) is 3.82. The molecule has 0 saturated carbocycles. The number of likely N-dealkylation sites (tertiary alicyclic amines) is 1. The molecule has 9 heteroatoms. The Balaban J connectivity index is 1.72. The second kappa shape index (κ2) is 9.52. The van der Waals surface area contributed by atoms with Crippen LogP contribution in [0.3, 0.4) is 0 Å². The van der Waals surface area contributed by atoms with Gasteiger partial charge in [0, 0.05) is 24.7 Å². The fraction of sp³-hybridized carbons (Fsp3) is 0.458. The Bertz CT molecular complexity index is 1000. The van der Waals surface area contributed by atoms with Crippen molar-refractivity contribution in [2.75, 3.05) is 6.54 Å². The lowest BCUT2D eigenvalue weighted by molar-refractivity contribution is -0.141. The highest BCUT2D eigenvalue weighted by Crippen LogP contribution is 2.27. The molecule has 178 valence electrons. The number of carbonyl (C=O) groups is 2. The first kappa shape index (κ1) is 24.7. The van der Waals surface area contributed by atoms with Crippen molar-refractivity contribution in [2.45, 2.75) is 58.3 Å². The molecule has 1 fully saturated rings. The van der Waals surface area contributed by atoms with Crippen molar-refractivity contribution in [3.05, 3.63) is 53.9 Å². The SMILES string of the molecule is C[C@H](NC(=O)[C@@H]1C[C@@H](O)CN1C(=O)[C@@H](N)C(C)(C)C)c1ccc(-c2c(F)cccc2F)cn1. The Kier molecular flexibility index (Phi) is 7.14. The molecule has 7 nitrogen and oxygen atoms in total. The van der Waals surface area contributed by atoms with Gasteiger partial charge in [-0.25, -0.2) is 8.78 Å². The van der Waals surface area contributed by atoms with Gasteiger partial charge in [-0.15, -0.1) is 0 Å². The van der Waals surface area contributed by atoms with E-state index in [0.717, 1.165) is 0 Å². The first-order valence-electron chi connectivity index (χ1n) is 10.8. The quantitative estimate of drug-likeness (QED) is 0.636. The lowest BCUT2D eigenvalue weighted by Crippen LogP contribution is -2.55. The smallest absolute Gasteiger partial charge is 0.243 e. The number of nitrogens with two attached hydrogens (primary N) is 1. The van der Waals surface area contributed by atoms with Gasteiger partial charge >= 0.3 is 0 Å². The number of carbonyl (C=O) groups excluding carboxylic acids is 2. The van der Waals surface area contributed by atoms with Gasteiger partial charge in [-0.05, 0) is 30.5 Å². The number of pyridine rings is 1. The van der Waals surface area contributed by atoms with E-state index in [0.29, 0.717) is 5.69 Å². The summed E-state index contributed by atoms with van der Waals surface area (Å²) in [6, 6.07) is 4.53. The highest BCUT2D eigenvalue weighted by Gasteiger charge is 2.43. The van der Waals surface area contributed by atoms with E-state index in [9.17, 15) is 23.5 Å². The lowest BCUT2D eigenvalue weighted by atomic mass is 9.86. The summed E-state index contributed by atoms with van der Waals surface area (Å²) >= 11 is 0. The molecule has 1 aliphatic heterocycles. The molecule has 1 saturated heterocycles. The van der Waals surface area contributed by atoms with Crippen LogP contribution < -0.4 is 11.1 Å². The Labute approximate surface area is 192 Å². The molecule has 0 unspecified atom stereocenters. The van der Waals surface area contributed by atoms with Crippen molar-refractivity contribution in [1.29, 1.82) is 0 Å². The highest BCUT2D eigenvalue weighted by molar-refractivity contribution is 5.91. The number of aliphatic hydroxyl groups is 1. The van der Waals surface area contributed by atoms with Gasteiger partial charge < -0.3 is 21.1 Å². The summed E-state index contributed by atoms with van der Waals surface area (Å²) in [5.41, 5.74) is 6.18. The van der Waals surface area contributed by atoms with Gasteiger partial charge in [-0.3, -0.25) is 14.6 Å². The molecule has 1 aromatic carbocycles. The van der Waals surface area contributed by atoms with E-state index >= 15 is 0 Å². The number of aliphatic hydroxyl groups excluding tert-OH is 1. The van der Waals surface area contributed by atoms with Crippen LogP contribution in [0.4, 0.5) is 8.78 Å². The predicted octanol–water partition coefficient (Wildman–Crippen LogP) is 2.54. The number of β-amino-alcohol motifs (C(OH)–C–C–N with tert-alkyl or cyclic N) is 1. The Morgan fingerprint density at radius 2 is 1.85 bits per heavy atom. The third-order valence-corrected chi connectivity index (χ3v) is 5.90. The Hall–Kier alpha value is -2.91. The third-order valence-electron chi connectivity index (χ3n) is 5.90. The van der Waals surface area contributed by atoms with Crippen molar-refractivity contribution in [2.24, 2.45) is 11.1 Å². The number of benzene rings is 1. The zero-order valence-corrected chi connectivity index (χ0v) is 19.2. The first-order chi connectivity index (χ1) is 15.4. The van der Waals surface area contributed by atoms with Crippen LogP contribution in [0, 0.1) is 17.0 Å². The second-order valence-corrected chi connectivity index (χ2v) is 9.54. The van der Waals surface area contributed by atoms with Gasteiger partial charge in [0.05, 0.1) is 29.4 Å². The normalized spacial score (nSPS) is 20.4. The van der Waals surface area contributed by atoms with Crippen LogP contribution in [0.5, 0.6) is 0 Å². The van der Waals surface area contributed by atoms with Gasteiger partial charge in [0.1, 0.15) is 17.7 Å². The first-order valence-corrected chi connectivity index (χ1v) is 10.8. The summed E-state index contributed by atoms with van der Waals surface area (Å²) in [6.45, 7) is 7.25. The summed E-state index contributed by atoms with van der Waals surface area (Å²) in [5.74, 6) is -2.20. The number of rotatable bonds is 5. The molecule has 4 N–H and O–H groups in total. The van der Waals surface area contributed by atoms with Gasteiger partial charge in [-0.1, -0.05) is 32.9 Å². The van der Waals surface area contributed by atoms with Crippen molar-refractivity contribution in [1.82, 2.24) is 15.2 Å². The van der Waals surface area contributed by atoms with Crippen LogP contribution >= 0.6 is 0 Å². The maximum atomic E-state index is 14.0. The summed E-state index contributed by atoms with van der Waals surface area (Å²) in [7, 11) is 0. The molecular formula is C24H30F2N4O3. The number of nitrogens with zero attached hydrogens (tertiary/aromatic N) is 2. The molecule has 0 radical (unpaired) electrons. The van der Waals surface area contributed by atoms with E-state index in [1.807, 2.05) is 20.8 Å². The van der Waals surface area contributed by atoms with Crippen LogP contribution in [0.25, 0.3) is 11.1 Å². The summed E-state index contributed by atoms with van der Waals surface area (Å²) in [5, 5.41) is 12.9. The molecule has 3 rings (SSSR count). The van der Waals surface area contributed by atoms with Crippen LogP contribution in [0.2, 0.25) is 0 Å². The molecular weight excluding hydrogens is 430 g/mol. The van der Waals surface area contributed by atoms with Crippen LogP contribution in [0.15, 0.2) is 36.5 Å². The summed E-state index contributed by atoms with van der Waals surface area (Å²) in [4.78, 5) is 31.4. The molecule has 0 bridgehead atoms. The lowest BCUT2D eigenvalue weighted by Gasteiger charge is -2.32. The van der Waals surface area contributed by atoms with E-state index in [1.165, 1.54) is 35.4 Å². The van der Waals surface area contributed by atoms with Crippen molar-refractivity contribution < 1.29 is 23.5 Å². The van der Waals surface area contributed by atoms with E-state index in [2.05, 4.69) is 10.3 Å². The Morgan fingerprint density at radius 3 is 2.39 bits per heavy atom. The number of aromatic nitrogens is 1. The number of hydrogen-bond acceptors (Lipinski definition) is 5. The number of halogens is 2. The Morgan fingerprint density at radius 1 is 1.21 bits per heavy atom. The average molecular weight is 461 g/mol. The molecule has 0 aliphatic carbocycles. The van der Waals surface area contributed by atoms with Gasteiger partial charge in [-0.2, -0.15) is 0 Å². The third kappa shape index (κ3) is 5.36. The molecule has 0 spiro atoms. The van der Waals surface area contributed by atoms with Gasteiger partial charge in [0.15, 0.2) is 0 Å². The molecule has 33 heavy (non-hydrogen) atoms. The largest absolute Gasteiger partial charge is 0.391 e. The van der Waals surface area contributed by atoms with E-state index in [1.54, 1.807) is 13.0 Å². The summed E-state index contributed by atoms with van der Waals surface area (Å²) < 4.78 is 28.0. The minimum Gasteiger partial charge on any atom is -0.391 e. The highest BCUT2D eigenvalue weighted by atomic mass is 19.1. The maximum Gasteiger partial charge on any atom is 0.243 e. The zero-order chi connectivity index (χ0) is 24.5. The summed E-state index contributed by atoms with van der Waals surface area (Å²) in [6.07, 6.45) is 0.636. The van der Waals surface area contributed by atoms with Gasteiger partial charge in [0.25, 0.3) is 0 Å². The zero-order valence-electron chi connectivity index (χ0n) is 19.2. The second-order valence-electron chi connectivity index (χ2n) is 9.54. The topological polar surface area (TPSA) is 109 Å². The van der Waals surface area contributed by atoms with E-state index in [4.69, 9.17) is 5.73 Å². The molecule has 1 aliphatic rings. The van der Waals surface area contributed by atoms with Gasteiger partial charge in [0.2, 0.25) is 11.8 Å². The molecule has 2 amide bonds. The predicted molar refractivity (Wildman–Crippen MR) is 120 cm³/mol. The minimum absolute atomic E-state index is 0.0379.